The maximum Gasteiger partial charge on any atom is 0.256 e. The van der Waals surface area contributed by atoms with Gasteiger partial charge < -0.3 is 10.6 Å². The van der Waals surface area contributed by atoms with Gasteiger partial charge in [-0.05, 0) is 68.3 Å². The zero-order valence-electron chi connectivity index (χ0n) is 17.7. The SMILES string of the molecule is Cc1ccnc(N[C@H](c2ccccn2)c2c(NC(=O)c3ccccc3)sc(C)c2C)c1. The van der Waals surface area contributed by atoms with Gasteiger partial charge in [0.2, 0.25) is 0 Å². The number of carbonyl (C=O) groups is 1. The van der Waals surface area contributed by atoms with Gasteiger partial charge in [-0.15, -0.1) is 11.3 Å². The molecular weight excluding hydrogens is 404 g/mol. The van der Waals surface area contributed by atoms with Gasteiger partial charge >= 0.3 is 0 Å². The van der Waals surface area contributed by atoms with Crippen LogP contribution in [0.1, 0.15) is 43.7 Å². The Morgan fingerprint density at radius 3 is 2.42 bits per heavy atom. The van der Waals surface area contributed by atoms with Crippen LogP contribution in [0.3, 0.4) is 0 Å². The van der Waals surface area contributed by atoms with Gasteiger partial charge in [-0.1, -0.05) is 24.3 Å². The molecule has 0 aliphatic heterocycles. The Balaban J connectivity index is 1.76. The number of amides is 1. The van der Waals surface area contributed by atoms with Crippen LogP contribution in [0.15, 0.2) is 73.1 Å². The lowest BCUT2D eigenvalue weighted by Gasteiger charge is -2.21. The number of hydrogen-bond donors (Lipinski definition) is 2. The Morgan fingerprint density at radius 1 is 0.935 bits per heavy atom. The molecule has 0 unspecified atom stereocenters. The van der Waals surface area contributed by atoms with Crippen LogP contribution >= 0.6 is 11.3 Å². The molecule has 3 aromatic heterocycles. The lowest BCUT2D eigenvalue weighted by Crippen LogP contribution is -2.18. The lowest BCUT2D eigenvalue weighted by atomic mass is 10.00. The highest BCUT2D eigenvalue weighted by Crippen LogP contribution is 2.40. The van der Waals surface area contributed by atoms with Gasteiger partial charge in [-0.2, -0.15) is 0 Å². The summed E-state index contributed by atoms with van der Waals surface area (Å²) in [4.78, 5) is 23.1. The van der Waals surface area contributed by atoms with E-state index in [-0.39, 0.29) is 11.9 Å². The van der Waals surface area contributed by atoms with Crippen LogP contribution in [-0.2, 0) is 0 Å². The number of aryl methyl sites for hydroxylation is 2. The van der Waals surface area contributed by atoms with Gasteiger partial charge in [0.05, 0.1) is 11.7 Å². The fourth-order valence-electron chi connectivity index (χ4n) is 3.45. The lowest BCUT2D eigenvalue weighted by molar-refractivity contribution is 0.102. The van der Waals surface area contributed by atoms with E-state index in [4.69, 9.17) is 0 Å². The zero-order valence-corrected chi connectivity index (χ0v) is 18.5. The first kappa shape index (κ1) is 20.8. The molecule has 0 aliphatic rings. The largest absolute Gasteiger partial charge is 0.357 e. The number of carbonyl (C=O) groups excluding carboxylic acids is 1. The predicted molar refractivity (Wildman–Crippen MR) is 127 cm³/mol. The van der Waals surface area contributed by atoms with Crippen molar-refractivity contribution >= 4 is 28.1 Å². The second-order valence-corrected chi connectivity index (χ2v) is 8.62. The Kier molecular flexibility index (Phi) is 6.09. The molecule has 0 fully saturated rings. The number of benzene rings is 1. The molecule has 3 heterocycles. The van der Waals surface area contributed by atoms with Gasteiger partial charge in [-0.3, -0.25) is 9.78 Å². The number of aromatic nitrogens is 2. The number of thiophene rings is 1. The summed E-state index contributed by atoms with van der Waals surface area (Å²) in [7, 11) is 0. The monoisotopic (exact) mass is 428 g/mol. The fraction of sp³-hybridized carbons (Fsp3) is 0.160. The fourth-order valence-corrected chi connectivity index (χ4v) is 4.55. The van der Waals surface area contributed by atoms with Crippen LogP contribution in [0.2, 0.25) is 0 Å². The van der Waals surface area contributed by atoms with Crippen molar-refractivity contribution in [3.8, 4) is 0 Å². The molecule has 6 heteroatoms. The minimum absolute atomic E-state index is 0.128. The van der Waals surface area contributed by atoms with Crippen molar-refractivity contribution in [1.82, 2.24) is 9.97 Å². The van der Waals surface area contributed by atoms with E-state index in [0.717, 1.165) is 38.1 Å². The Labute approximate surface area is 186 Å². The third kappa shape index (κ3) is 4.64. The van der Waals surface area contributed by atoms with E-state index in [0.29, 0.717) is 5.56 Å². The molecule has 0 bridgehead atoms. The van der Waals surface area contributed by atoms with Crippen molar-refractivity contribution in [2.75, 3.05) is 10.6 Å². The Hall–Kier alpha value is -3.51. The molecule has 4 rings (SSSR count). The van der Waals surface area contributed by atoms with Crippen LogP contribution in [0.4, 0.5) is 10.8 Å². The summed E-state index contributed by atoms with van der Waals surface area (Å²) in [6, 6.07) is 18.8. The van der Waals surface area contributed by atoms with Crippen LogP contribution in [0.25, 0.3) is 0 Å². The summed E-state index contributed by atoms with van der Waals surface area (Å²) in [5, 5.41) is 7.49. The average molecular weight is 429 g/mol. The molecule has 31 heavy (non-hydrogen) atoms. The number of nitrogens with one attached hydrogen (secondary N) is 2. The van der Waals surface area contributed by atoms with Gasteiger partial charge in [0.1, 0.15) is 10.8 Å². The summed E-state index contributed by atoms with van der Waals surface area (Å²) in [5.41, 5.74) is 4.74. The predicted octanol–water partition coefficient (Wildman–Crippen LogP) is 5.92. The second-order valence-electron chi connectivity index (χ2n) is 7.40. The van der Waals surface area contributed by atoms with Crippen LogP contribution in [0.5, 0.6) is 0 Å². The molecule has 156 valence electrons. The summed E-state index contributed by atoms with van der Waals surface area (Å²) in [5.74, 6) is 0.635. The molecule has 1 atom stereocenters. The number of rotatable bonds is 6. The maximum absolute atomic E-state index is 12.9. The van der Waals surface area contributed by atoms with E-state index in [9.17, 15) is 4.79 Å². The van der Waals surface area contributed by atoms with E-state index in [1.165, 1.54) is 0 Å². The molecular formula is C25H24N4OS. The molecule has 4 aromatic rings. The van der Waals surface area contributed by atoms with Crippen LogP contribution in [0, 0.1) is 20.8 Å². The number of pyridine rings is 2. The van der Waals surface area contributed by atoms with Crippen molar-refractivity contribution in [1.29, 1.82) is 0 Å². The third-order valence-corrected chi connectivity index (χ3v) is 6.31. The standard InChI is InChI=1S/C25H24N4OS/c1-16-12-14-27-21(15-16)28-23(20-11-7-8-13-26-20)22-17(2)18(3)31-25(22)29-24(30)19-9-5-4-6-10-19/h4-15,23H,1-3H3,(H,27,28)(H,29,30)/t23-/m1/s1. The molecule has 0 saturated carbocycles. The minimum atomic E-state index is -0.258. The van der Waals surface area contributed by atoms with E-state index in [1.807, 2.05) is 67.6 Å². The molecule has 1 aromatic carbocycles. The molecule has 0 saturated heterocycles. The summed E-state index contributed by atoms with van der Waals surface area (Å²) < 4.78 is 0. The quantitative estimate of drug-likeness (QED) is 0.400. The Morgan fingerprint density at radius 2 is 1.71 bits per heavy atom. The first-order valence-corrected chi connectivity index (χ1v) is 10.9. The van der Waals surface area contributed by atoms with Crippen molar-refractivity contribution < 1.29 is 4.79 Å². The maximum atomic E-state index is 12.9. The van der Waals surface area contributed by atoms with E-state index < -0.39 is 0 Å². The molecule has 0 spiro atoms. The normalized spacial score (nSPS) is 11.7. The number of anilines is 2. The van der Waals surface area contributed by atoms with E-state index >= 15 is 0 Å². The topological polar surface area (TPSA) is 66.9 Å². The second kappa shape index (κ2) is 9.10. The molecule has 0 aliphatic carbocycles. The van der Waals surface area contributed by atoms with E-state index in [1.54, 1.807) is 23.7 Å². The highest BCUT2D eigenvalue weighted by molar-refractivity contribution is 7.16. The molecule has 5 nitrogen and oxygen atoms in total. The average Bonchev–Trinajstić information content (AvgIpc) is 3.06. The third-order valence-electron chi connectivity index (χ3n) is 5.17. The first-order valence-electron chi connectivity index (χ1n) is 10.1. The zero-order chi connectivity index (χ0) is 21.8. The van der Waals surface area contributed by atoms with Crippen molar-refractivity contribution in [2.24, 2.45) is 0 Å². The Bertz CT molecular complexity index is 1190. The van der Waals surface area contributed by atoms with Gasteiger partial charge in [0.15, 0.2) is 0 Å². The van der Waals surface area contributed by atoms with Gasteiger partial charge in [0, 0.05) is 28.4 Å². The van der Waals surface area contributed by atoms with E-state index in [2.05, 4.69) is 34.4 Å². The van der Waals surface area contributed by atoms with Crippen molar-refractivity contribution in [2.45, 2.75) is 26.8 Å². The van der Waals surface area contributed by atoms with Crippen molar-refractivity contribution in [3.05, 3.63) is 106 Å². The minimum Gasteiger partial charge on any atom is -0.357 e. The number of nitrogens with zero attached hydrogens (tertiary/aromatic N) is 2. The van der Waals surface area contributed by atoms with Crippen molar-refractivity contribution in [3.63, 3.8) is 0 Å². The smallest absolute Gasteiger partial charge is 0.256 e. The summed E-state index contributed by atoms with van der Waals surface area (Å²) >= 11 is 1.58. The summed E-state index contributed by atoms with van der Waals surface area (Å²) in [6.07, 6.45) is 3.57. The summed E-state index contributed by atoms with van der Waals surface area (Å²) in [6.45, 7) is 6.19. The van der Waals surface area contributed by atoms with Crippen LogP contribution in [-0.4, -0.2) is 15.9 Å². The van der Waals surface area contributed by atoms with Crippen LogP contribution < -0.4 is 10.6 Å². The first-order chi connectivity index (χ1) is 15.0. The highest BCUT2D eigenvalue weighted by atomic mass is 32.1. The molecule has 0 radical (unpaired) electrons. The molecule has 1 amide bonds. The molecule has 2 N–H and O–H groups in total. The van der Waals surface area contributed by atoms with Gasteiger partial charge in [-0.25, -0.2) is 4.98 Å². The highest BCUT2D eigenvalue weighted by Gasteiger charge is 2.26. The van der Waals surface area contributed by atoms with Gasteiger partial charge in [0.25, 0.3) is 5.91 Å². The number of hydrogen-bond acceptors (Lipinski definition) is 5.